The van der Waals surface area contributed by atoms with Gasteiger partial charge in [-0.2, -0.15) is 0 Å². The van der Waals surface area contributed by atoms with Gasteiger partial charge in [0.15, 0.2) is 0 Å². The van der Waals surface area contributed by atoms with E-state index in [0.717, 1.165) is 0 Å². The maximum atomic E-state index is 2.47. The van der Waals surface area contributed by atoms with Crippen LogP contribution in [0.4, 0.5) is 0 Å². The third-order valence-corrected chi connectivity index (χ3v) is 11.9. The van der Waals surface area contributed by atoms with Gasteiger partial charge in [-0.1, -0.05) is 181 Å². The smallest absolute Gasteiger partial charge is 0.00199 e. The molecule has 0 aliphatic heterocycles. The minimum absolute atomic E-state index is 1.20. The molecule has 0 bridgehead atoms. The van der Waals surface area contributed by atoms with E-state index >= 15 is 0 Å². The first-order valence-electron chi connectivity index (χ1n) is 19.8. The van der Waals surface area contributed by atoms with Crippen LogP contribution in [0.3, 0.4) is 0 Å². The zero-order chi connectivity index (χ0) is 37.9. The van der Waals surface area contributed by atoms with Crippen LogP contribution in [0.2, 0.25) is 0 Å². The summed E-state index contributed by atoms with van der Waals surface area (Å²) in [4.78, 5) is 0. The number of rotatable bonds is 5. The average molecular weight is 723 g/mol. The molecule has 11 aromatic rings. The molecule has 0 heterocycles. The van der Waals surface area contributed by atoms with Gasteiger partial charge in [0.2, 0.25) is 0 Å². The molecule has 0 radical (unpaired) electrons. The fourth-order valence-corrected chi connectivity index (χ4v) is 8.96. The van der Waals surface area contributed by atoms with E-state index in [-0.39, 0.29) is 0 Å². The Bertz CT molecular complexity index is 3330. The molecule has 11 rings (SSSR count). The predicted octanol–water partition coefficient (Wildman–Crippen LogP) is 16.1. The Labute approximate surface area is 332 Å². The lowest BCUT2D eigenvalue weighted by molar-refractivity contribution is 1.47. The van der Waals surface area contributed by atoms with Crippen molar-refractivity contribution in [2.75, 3.05) is 0 Å². The van der Waals surface area contributed by atoms with Crippen LogP contribution in [0.1, 0.15) is 5.56 Å². The van der Waals surface area contributed by atoms with Gasteiger partial charge in [-0.25, -0.2) is 0 Å². The van der Waals surface area contributed by atoms with Crippen molar-refractivity contribution in [3.63, 3.8) is 0 Å². The summed E-state index contributed by atoms with van der Waals surface area (Å²) in [6.45, 7) is 2.15. The van der Waals surface area contributed by atoms with E-state index in [2.05, 4.69) is 219 Å². The van der Waals surface area contributed by atoms with E-state index in [9.17, 15) is 0 Å². The molecule has 266 valence electrons. The third-order valence-electron chi connectivity index (χ3n) is 11.9. The van der Waals surface area contributed by atoms with Crippen molar-refractivity contribution in [1.29, 1.82) is 0 Å². The third kappa shape index (κ3) is 5.77. The summed E-state index contributed by atoms with van der Waals surface area (Å²) in [5, 5.41) is 12.4. The highest BCUT2D eigenvalue weighted by Crippen LogP contribution is 2.48. The second kappa shape index (κ2) is 13.5. The summed E-state index contributed by atoms with van der Waals surface area (Å²) in [6, 6.07) is 78.9. The minimum Gasteiger partial charge on any atom is -0.0622 e. The van der Waals surface area contributed by atoms with Gasteiger partial charge in [0.1, 0.15) is 0 Å². The molecule has 0 heteroatoms. The molecule has 0 saturated heterocycles. The summed E-state index contributed by atoms with van der Waals surface area (Å²) >= 11 is 0. The highest BCUT2D eigenvalue weighted by Gasteiger charge is 2.21. The van der Waals surface area contributed by atoms with Gasteiger partial charge in [-0.15, -0.1) is 0 Å². The van der Waals surface area contributed by atoms with Crippen LogP contribution in [0, 0.1) is 6.92 Å². The Morgan fingerprint density at radius 2 is 0.632 bits per heavy atom. The summed E-state index contributed by atoms with van der Waals surface area (Å²) in [6.07, 6.45) is 0. The predicted molar refractivity (Wildman–Crippen MR) is 246 cm³/mol. The second-order valence-electron chi connectivity index (χ2n) is 15.4. The van der Waals surface area contributed by atoms with E-state index < -0.39 is 0 Å². The van der Waals surface area contributed by atoms with Crippen LogP contribution in [0.5, 0.6) is 0 Å². The highest BCUT2D eigenvalue weighted by molar-refractivity contribution is 6.23. The number of benzene rings is 11. The highest BCUT2D eigenvalue weighted by atomic mass is 14.2. The minimum atomic E-state index is 1.20. The molecule has 0 spiro atoms. The monoisotopic (exact) mass is 722 g/mol. The van der Waals surface area contributed by atoms with Crippen LogP contribution in [-0.4, -0.2) is 0 Å². The molecule has 0 aromatic heterocycles. The van der Waals surface area contributed by atoms with Gasteiger partial charge in [-0.05, 0) is 153 Å². The lowest BCUT2D eigenvalue weighted by atomic mass is 9.82. The van der Waals surface area contributed by atoms with Crippen molar-refractivity contribution in [3.8, 4) is 55.6 Å². The van der Waals surface area contributed by atoms with Crippen LogP contribution in [0.15, 0.2) is 212 Å². The number of aryl methyl sites for hydroxylation is 1. The van der Waals surface area contributed by atoms with Crippen LogP contribution >= 0.6 is 0 Å². The van der Waals surface area contributed by atoms with Gasteiger partial charge in [0, 0.05) is 0 Å². The van der Waals surface area contributed by atoms with Gasteiger partial charge in [-0.3, -0.25) is 0 Å². The van der Waals surface area contributed by atoms with Crippen LogP contribution in [0.25, 0.3) is 109 Å². The molecule has 11 aromatic carbocycles. The summed E-state index contributed by atoms with van der Waals surface area (Å²) in [5.41, 5.74) is 13.5. The van der Waals surface area contributed by atoms with Crippen molar-refractivity contribution >= 4 is 53.9 Å². The second-order valence-corrected chi connectivity index (χ2v) is 15.4. The summed E-state index contributed by atoms with van der Waals surface area (Å²) in [5.74, 6) is 0. The molecule has 0 fully saturated rings. The largest absolute Gasteiger partial charge is 0.0622 e. The molecule has 0 aliphatic carbocycles. The number of hydrogen-bond acceptors (Lipinski definition) is 0. The quantitative estimate of drug-likeness (QED) is 0.155. The Morgan fingerprint density at radius 3 is 1.18 bits per heavy atom. The first kappa shape index (κ1) is 33.1. The zero-order valence-corrected chi connectivity index (χ0v) is 31.7. The van der Waals surface area contributed by atoms with Crippen molar-refractivity contribution in [2.24, 2.45) is 0 Å². The van der Waals surface area contributed by atoms with Crippen molar-refractivity contribution in [1.82, 2.24) is 0 Å². The Hall–Kier alpha value is -7.28. The summed E-state index contributed by atoms with van der Waals surface area (Å²) < 4.78 is 0. The van der Waals surface area contributed by atoms with Crippen molar-refractivity contribution in [3.05, 3.63) is 218 Å². The fraction of sp³-hybridized carbons (Fsp3) is 0.0175. The molecular formula is C57H38. The SMILES string of the molecule is Cc1ccc(-c2ccc3c(c2)c(-c2ccc4ccccc4c2)c(-c2ccc4ccccc4c2)c2cc(-c4cc5ccccc5cc4-c4ccccc4)ccc23)cc1. The van der Waals surface area contributed by atoms with Gasteiger partial charge >= 0.3 is 0 Å². The van der Waals surface area contributed by atoms with Crippen LogP contribution < -0.4 is 0 Å². The molecule has 0 nitrogen and oxygen atoms in total. The average Bonchev–Trinajstić information content (AvgIpc) is 3.28. The van der Waals surface area contributed by atoms with E-state index in [1.54, 1.807) is 0 Å². The van der Waals surface area contributed by atoms with E-state index in [1.807, 2.05) is 0 Å². The molecule has 0 atom stereocenters. The van der Waals surface area contributed by atoms with Crippen molar-refractivity contribution < 1.29 is 0 Å². The fourth-order valence-electron chi connectivity index (χ4n) is 8.96. The van der Waals surface area contributed by atoms with E-state index in [0.29, 0.717) is 0 Å². The zero-order valence-electron chi connectivity index (χ0n) is 31.7. The van der Waals surface area contributed by atoms with Crippen LogP contribution in [-0.2, 0) is 0 Å². The lowest BCUT2D eigenvalue weighted by Crippen LogP contribution is -1.94. The maximum absolute atomic E-state index is 2.47. The van der Waals surface area contributed by atoms with E-state index in [4.69, 9.17) is 0 Å². The molecule has 0 saturated carbocycles. The standard InChI is InChI=1S/C57H38/c1-37-19-21-40(22-20-37)46-27-29-50-51-30-28-47(53-34-45-18-10-9-17-44(45)33-52(53)41-13-3-2-4-14-41)36-55(51)57(49-26-24-39-12-6-8-16-43(39)32-49)56(54(50)35-46)48-25-23-38-11-5-7-15-42(38)31-48/h2-36H,1H3. The molecular weight excluding hydrogens is 685 g/mol. The molecule has 0 unspecified atom stereocenters. The molecule has 57 heavy (non-hydrogen) atoms. The first-order valence-corrected chi connectivity index (χ1v) is 19.8. The summed E-state index contributed by atoms with van der Waals surface area (Å²) in [7, 11) is 0. The van der Waals surface area contributed by atoms with Crippen molar-refractivity contribution in [2.45, 2.75) is 6.92 Å². The number of hydrogen-bond donors (Lipinski definition) is 0. The Morgan fingerprint density at radius 1 is 0.228 bits per heavy atom. The topological polar surface area (TPSA) is 0 Å². The molecule has 0 N–H and O–H groups in total. The molecule has 0 amide bonds. The first-order chi connectivity index (χ1) is 28.1. The van der Waals surface area contributed by atoms with Gasteiger partial charge < -0.3 is 0 Å². The molecule has 0 aliphatic rings. The van der Waals surface area contributed by atoms with Gasteiger partial charge in [0.25, 0.3) is 0 Å². The maximum Gasteiger partial charge on any atom is -0.00199 e. The van der Waals surface area contributed by atoms with Gasteiger partial charge in [0.05, 0.1) is 0 Å². The Kier molecular flexibility index (Phi) is 7.83. The lowest BCUT2D eigenvalue weighted by Gasteiger charge is -2.21. The normalized spacial score (nSPS) is 11.6. The van der Waals surface area contributed by atoms with E-state index in [1.165, 1.54) is 115 Å². The Balaban J connectivity index is 1.28. The number of fused-ring (bicyclic) bond motifs is 6.